The topological polar surface area (TPSA) is 60.1 Å². The lowest BCUT2D eigenvalue weighted by Crippen LogP contribution is -2.40. The molecule has 1 aliphatic rings. The molecule has 0 radical (unpaired) electrons. The van der Waals surface area contributed by atoms with Crippen LogP contribution in [0.15, 0.2) is 29.1 Å². The number of carbonyl (C=O) groups is 1. The molecule has 2 aromatic rings. The number of nitrogens with zero attached hydrogens (tertiary/aromatic N) is 4. The number of rotatable bonds is 3. The van der Waals surface area contributed by atoms with Gasteiger partial charge >= 0.3 is 5.69 Å². The van der Waals surface area contributed by atoms with E-state index in [-0.39, 0.29) is 23.6 Å². The van der Waals surface area contributed by atoms with Crippen LogP contribution in [0.4, 0.5) is 0 Å². The maximum absolute atomic E-state index is 12.8. The second kappa shape index (κ2) is 7.04. The molecule has 6 nitrogen and oxygen atoms in total. The van der Waals surface area contributed by atoms with E-state index < -0.39 is 0 Å². The molecule has 1 amide bonds. The van der Waals surface area contributed by atoms with Gasteiger partial charge < -0.3 is 4.90 Å². The van der Waals surface area contributed by atoms with E-state index in [1.165, 1.54) is 4.68 Å². The lowest BCUT2D eigenvalue weighted by atomic mass is 9.96. The number of amides is 1. The molecule has 134 valence electrons. The van der Waals surface area contributed by atoms with Crippen molar-refractivity contribution in [3.05, 3.63) is 51.2 Å². The molecule has 3 rings (SSSR count). The average Bonchev–Trinajstić information content (AvgIpc) is 2.90. The Balaban J connectivity index is 1.86. The maximum Gasteiger partial charge on any atom is 0.345 e. The minimum atomic E-state index is -0.108. The number of piperidine rings is 1. The first-order valence-electron chi connectivity index (χ1n) is 8.58. The SMILES string of the molecule is CC(C)n1c(C2CCCN(C(=O)c3cccc(Cl)c3)C2)nn(C)c1=O. The first kappa shape index (κ1) is 17.7. The van der Waals surface area contributed by atoms with Crippen molar-refractivity contribution in [2.45, 2.75) is 38.6 Å². The number of aryl methyl sites for hydroxylation is 1. The fraction of sp³-hybridized carbons (Fsp3) is 0.500. The zero-order valence-electron chi connectivity index (χ0n) is 14.8. The Morgan fingerprint density at radius 1 is 1.36 bits per heavy atom. The van der Waals surface area contributed by atoms with Crippen LogP contribution in [-0.2, 0) is 7.05 Å². The van der Waals surface area contributed by atoms with Gasteiger partial charge in [-0.25, -0.2) is 9.48 Å². The Morgan fingerprint density at radius 3 is 2.80 bits per heavy atom. The van der Waals surface area contributed by atoms with Crippen LogP contribution >= 0.6 is 11.6 Å². The molecular formula is C18H23ClN4O2. The number of hydrogen-bond acceptors (Lipinski definition) is 3. The van der Waals surface area contributed by atoms with Gasteiger partial charge in [0.15, 0.2) is 0 Å². The van der Waals surface area contributed by atoms with Gasteiger partial charge in [0.05, 0.1) is 0 Å². The van der Waals surface area contributed by atoms with Gasteiger partial charge in [-0.1, -0.05) is 17.7 Å². The van der Waals surface area contributed by atoms with Gasteiger partial charge in [-0.2, -0.15) is 5.10 Å². The number of hydrogen-bond donors (Lipinski definition) is 0. The quantitative estimate of drug-likeness (QED) is 0.843. The van der Waals surface area contributed by atoms with Gasteiger partial charge in [-0.15, -0.1) is 0 Å². The smallest absolute Gasteiger partial charge is 0.338 e. The fourth-order valence-electron chi connectivity index (χ4n) is 3.44. The van der Waals surface area contributed by atoms with Gasteiger partial charge in [-0.3, -0.25) is 9.36 Å². The van der Waals surface area contributed by atoms with Crippen molar-refractivity contribution < 1.29 is 4.79 Å². The molecule has 0 spiro atoms. The lowest BCUT2D eigenvalue weighted by molar-refractivity contribution is 0.0702. The molecule has 0 bridgehead atoms. The number of carbonyl (C=O) groups excluding carboxylic acids is 1. The van der Waals surface area contributed by atoms with E-state index in [2.05, 4.69) is 5.10 Å². The molecular weight excluding hydrogens is 340 g/mol. The molecule has 2 heterocycles. The van der Waals surface area contributed by atoms with E-state index in [4.69, 9.17) is 11.6 Å². The van der Waals surface area contributed by atoms with Crippen molar-refractivity contribution in [2.75, 3.05) is 13.1 Å². The van der Waals surface area contributed by atoms with Crippen LogP contribution in [0.3, 0.4) is 0 Å². The number of likely N-dealkylation sites (tertiary alicyclic amines) is 1. The summed E-state index contributed by atoms with van der Waals surface area (Å²) in [6.07, 6.45) is 1.81. The van der Waals surface area contributed by atoms with Gasteiger partial charge in [0.25, 0.3) is 5.91 Å². The van der Waals surface area contributed by atoms with Crippen LogP contribution in [0.5, 0.6) is 0 Å². The fourth-order valence-corrected chi connectivity index (χ4v) is 3.63. The van der Waals surface area contributed by atoms with Gasteiger partial charge in [0.1, 0.15) is 5.82 Å². The summed E-state index contributed by atoms with van der Waals surface area (Å²) in [5, 5.41) is 5.00. The highest BCUT2D eigenvalue weighted by Crippen LogP contribution is 2.27. The van der Waals surface area contributed by atoms with E-state index in [1.807, 2.05) is 18.7 Å². The molecule has 0 aliphatic carbocycles. The summed E-state index contributed by atoms with van der Waals surface area (Å²) in [6, 6.07) is 7.05. The van der Waals surface area contributed by atoms with Crippen molar-refractivity contribution >= 4 is 17.5 Å². The second-order valence-corrected chi connectivity index (χ2v) is 7.27. The lowest BCUT2D eigenvalue weighted by Gasteiger charge is -2.32. The molecule has 1 unspecified atom stereocenters. The van der Waals surface area contributed by atoms with Crippen LogP contribution < -0.4 is 5.69 Å². The van der Waals surface area contributed by atoms with Crippen LogP contribution in [0.2, 0.25) is 5.02 Å². The highest BCUT2D eigenvalue weighted by molar-refractivity contribution is 6.30. The Kier molecular flexibility index (Phi) is 4.99. The van der Waals surface area contributed by atoms with Crippen LogP contribution in [0, 0.1) is 0 Å². The Labute approximate surface area is 152 Å². The summed E-state index contributed by atoms with van der Waals surface area (Å²) in [4.78, 5) is 26.9. The summed E-state index contributed by atoms with van der Waals surface area (Å²) in [7, 11) is 1.67. The largest absolute Gasteiger partial charge is 0.345 e. The zero-order chi connectivity index (χ0) is 18.1. The molecule has 1 saturated heterocycles. The van der Waals surface area contributed by atoms with Crippen molar-refractivity contribution in [3.8, 4) is 0 Å². The van der Waals surface area contributed by atoms with Crippen LogP contribution in [0.25, 0.3) is 0 Å². The van der Waals surface area contributed by atoms with Gasteiger partial charge in [0, 0.05) is 42.7 Å². The van der Waals surface area contributed by atoms with E-state index in [0.717, 1.165) is 18.7 Å². The predicted molar refractivity (Wildman–Crippen MR) is 97.2 cm³/mol. The Bertz CT molecular complexity index is 840. The van der Waals surface area contributed by atoms with Crippen molar-refractivity contribution in [1.82, 2.24) is 19.2 Å². The van der Waals surface area contributed by atoms with E-state index >= 15 is 0 Å². The molecule has 0 N–H and O–H groups in total. The molecule has 7 heteroatoms. The Hall–Kier alpha value is -2.08. The number of benzene rings is 1. The molecule has 1 fully saturated rings. The van der Waals surface area contributed by atoms with E-state index in [1.54, 1.807) is 35.9 Å². The van der Waals surface area contributed by atoms with Gasteiger partial charge in [0.2, 0.25) is 0 Å². The molecule has 1 aliphatic heterocycles. The van der Waals surface area contributed by atoms with Crippen LogP contribution in [-0.4, -0.2) is 38.2 Å². The summed E-state index contributed by atoms with van der Waals surface area (Å²) >= 11 is 6.01. The third-order valence-electron chi connectivity index (χ3n) is 4.64. The van der Waals surface area contributed by atoms with Crippen molar-refractivity contribution in [3.63, 3.8) is 0 Å². The Morgan fingerprint density at radius 2 is 2.12 bits per heavy atom. The summed E-state index contributed by atoms with van der Waals surface area (Å²) in [5.41, 5.74) is 0.485. The highest BCUT2D eigenvalue weighted by Gasteiger charge is 2.30. The minimum Gasteiger partial charge on any atom is -0.338 e. The van der Waals surface area contributed by atoms with Crippen LogP contribution in [0.1, 0.15) is 54.8 Å². The molecule has 0 saturated carbocycles. The molecule has 1 aromatic heterocycles. The second-order valence-electron chi connectivity index (χ2n) is 6.83. The van der Waals surface area contributed by atoms with Gasteiger partial charge in [-0.05, 0) is 44.9 Å². The highest BCUT2D eigenvalue weighted by atomic mass is 35.5. The zero-order valence-corrected chi connectivity index (χ0v) is 15.5. The molecule has 1 atom stereocenters. The average molecular weight is 363 g/mol. The number of aromatic nitrogens is 3. The summed E-state index contributed by atoms with van der Waals surface area (Å²) in [5.74, 6) is 0.806. The number of halogens is 1. The summed E-state index contributed by atoms with van der Waals surface area (Å²) < 4.78 is 3.12. The predicted octanol–water partition coefficient (Wildman–Crippen LogP) is 2.84. The van der Waals surface area contributed by atoms with E-state index in [0.29, 0.717) is 23.7 Å². The normalized spacial score (nSPS) is 18.0. The maximum atomic E-state index is 12.8. The van der Waals surface area contributed by atoms with E-state index in [9.17, 15) is 9.59 Å². The van der Waals surface area contributed by atoms with Crippen molar-refractivity contribution in [2.24, 2.45) is 7.05 Å². The minimum absolute atomic E-state index is 0.0263. The monoisotopic (exact) mass is 362 g/mol. The molecule has 25 heavy (non-hydrogen) atoms. The summed E-state index contributed by atoms with van der Waals surface area (Å²) in [6.45, 7) is 5.23. The third kappa shape index (κ3) is 3.49. The third-order valence-corrected chi connectivity index (χ3v) is 4.88. The van der Waals surface area contributed by atoms with Crippen molar-refractivity contribution in [1.29, 1.82) is 0 Å². The first-order valence-corrected chi connectivity index (χ1v) is 8.96. The molecule has 1 aromatic carbocycles. The first-order chi connectivity index (χ1) is 11.9. The standard InChI is InChI=1S/C18H23ClN4O2/c1-12(2)23-16(20-21(3)18(23)25)14-7-5-9-22(11-14)17(24)13-6-4-8-15(19)10-13/h4,6,8,10,12,14H,5,7,9,11H2,1-3H3.